The third-order valence-electron chi connectivity index (χ3n) is 4.04. The Balaban J connectivity index is 1.69. The second-order valence-corrected chi connectivity index (χ2v) is 8.73. The predicted molar refractivity (Wildman–Crippen MR) is 114 cm³/mol. The van der Waals surface area contributed by atoms with E-state index in [1.54, 1.807) is 47.9 Å². The van der Waals surface area contributed by atoms with Gasteiger partial charge in [0.1, 0.15) is 0 Å². The van der Waals surface area contributed by atoms with Gasteiger partial charge < -0.3 is 0 Å². The van der Waals surface area contributed by atoms with Crippen molar-refractivity contribution in [3.8, 4) is 11.1 Å². The average Bonchev–Trinajstić information content (AvgIpc) is 3.17. The highest BCUT2D eigenvalue weighted by atomic mass is 32.3. The summed E-state index contributed by atoms with van der Waals surface area (Å²) in [5.41, 5.74) is 4.07. The van der Waals surface area contributed by atoms with Crippen LogP contribution in [0.15, 0.2) is 76.3 Å². The molecule has 0 unspecified atom stereocenters. The monoisotopic (exact) mass is 410 g/mol. The lowest BCUT2D eigenvalue weighted by Crippen LogP contribution is -1.96. The summed E-state index contributed by atoms with van der Waals surface area (Å²) >= 11 is 0.970. The molecule has 2 aromatic carbocycles. The molecule has 0 saturated heterocycles. The fourth-order valence-corrected chi connectivity index (χ4v) is 4.33. The first-order chi connectivity index (χ1) is 13.3. The number of aryl methyl sites for hydroxylation is 1. The summed E-state index contributed by atoms with van der Waals surface area (Å²) < 4.78 is 32.1. The van der Waals surface area contributed by atoms with Crippen LogP contribution >= 0.6 is 11.3 Å². The molecule has 0 amide bonds. The molecule has 28 heavy (non-hydrogen) atoms. The molecule has 0 aliphatic heterocycles. The summed E-state index contributed by atoms with van der Waals surface area (Å²) in [6.45, 7) is 2.01. The van der Waals surface area contributed by atoms with E-state index in [0.717, 1.165) is 28.0 Å². The number of thiophene rings is 1. The molecule has 4 nitrogen and oxygen atoms in total. The maximum Gasteiger partial charge on any atom is 0.304 e. The van der Waals surface area contributed by atoms with Crippen molar-refractivity contribution in [3.63, 3.8) is 0 Å². The zero-order valence-electron chi connectivity index (χ0n) is 15.1. The highest BCUT2D eigenvalue weighted by Gasteiger charge is 2.18. The lowest BCUT2D eigenvalue weighted by molar-refractivity contribution is -0.110. The molecule has 0 bridgehead atoms. The Labute approximate surface area is 168 Å². The van der Waals surface area contributed by atoms with Crippen molar-refractivity contribution in [1.82, 2.24) is 0 Å². The highest BCUT2D eigenvalue weighted by molar-refractivity contribution is 7.88. The predicted octanol–water partition coefficient (Wildman–Crippen LogP) is 5.27. The van der Waals surface area contributed by atoms with Crippen molar-refractivity contribution in [2.45, 2.75) is 11.1 Å². The number of rotatable bonds is 6. The number of benzene rings is 2. The zero-order chi connectivity index (χ0) is 20.1. The lowest BCUT2D eigenvalue weighted by Gasteiger charge is -2.02. The molecule has 1 N–H and O–H groups in total. The normalized spacial score (nSPS) is 12.1. The fraction of sp³-hybridized carbons (Fsp3) is 0.0455. The molecule has 3 aromatic rings. The van der Waals surface area contributed by atoms with Gasteiger partial charge in [0.15, 0.2) is 9.99 Å². The van der Waals surface area contributed by atoms with Gasteiger partial charge in [0.05, 0.1) is 0 Å². The van der Waals surface area contributed by atoms with Crippen molar-refractivity contribution in [3.05, 3.63) is 88.8 Å². The molecule has 0 aliphatic carbocycles. The van der Waals surface area contributed by atoms with E-state index in [9.17, 15) is 17.8 Å². The Morgan fingerprint density at radius 1 is 0.893 bits per heavy atom. The largest absolute Gasteiger partial charge is 0.304 e. The Hall–Kier alpha value is -2.80. The molecular weight excluding hydrogens is 392 g/mol. The van der Waals surface area contributed by atoms with Crippen LogP contribution in [-0.4, -0.2) is 18.8 Å². The number of allylic oxidation sites excluding steroid dienone is 2. The van der Waals surface area contributed by atoms with Gasteiger partial charge in [0.25, 0.3) is 0 Å². The topological polar surface area (TPSA) is 71.4 Å². The summed E-state index contributed by atoms with van der Waals surface area (Å²) in [7, 11) is -4.25. The van der Waals surface area contributed by atoms with E-state index < -0.39 is 10.1 Å². The Kier molecular flexibility index (Phi) is 6.04. The first kappa shape index (κ1) is 19.9. The number of hydrogen-bond acceptors (Lipinski definition) is 4. The first-order valence-corrected chi connectivity index (χ1v) is 10.8. The third kappa shape index (κ3) is 5.13. The van der Waals surface area contributed by atoms with Crippen molar-refractivity contribution in [2.75, 3.05) is 0 Å². The molecule has 0 saturated carbocycles. The number of ketones is 1. The summed E-state index contributed by atoms with van der Waals surface area (Å²) in [4.78, 5) is 12.0. The van der Waals surface area contributed by atoms with Gasteiger partial charge in [-0.2, -0.15) is 8.42 Å². The van der Waals surface area contributed by atoms with Crippen LogP contribution in [0.1, 0.15) is 16.7 Å². The maximum absolute atomic E-state index is 12.0. The quantitative estimate of drug-likeness (QED) is 0.444. The van der Waals surface area contributed by atoms with Crippen LogP contribution in [0, 0.1) is 6.92 Å². The smallest absolute Gasteiger partial charge is 0.290 e. The standard InChI is InChI=1S/C22H18O4S2/c1-16-2-4-17(5-3-16)8-12-20(23)13-9-18-6-10-19(11-7-18)21-14-15-27-22(21)28(24,25)26/h2-15H,1H3,(H,24,25,26)/b12-8+,13-9+. The number of carbonyl (C=O) groups is 1. The summed E-state index contributed by atoms with van der Waals surface area (Å²) in [5, 5.41) is 1.62. The summed E-state index contributed by atoms with van der Waals surface area (Å²) in [6, 6.07) is 16.6. The molecule has 1 aromatic heterocycles. The average molecular weight is 411 g/mol. The molecular formula is C22H18O4S2. The van der Waals surface area contributed by atoms with Gasteiger partial charge in [0.2, 0.25) is 0 Å². The van der Waals surface area contributed by atoms with Gasteiger partial charge in [-0.05, 0) is 47.2 Å². The first-order valence-electron chi connectivity index (χ1n) is 8.45. The SMILES string of the molecule is Cc1ccc(/C=C/C(=O)/C=C/c2ccc(-c3ccsc3S(=O)(=O)O)cc2)cc1. The Morgan fingerprint density at radius 3 is 1.96 bits per heavy atom. The van der Waals surface area contributed by atoms with Crippen molar-refractivity contribution < 1.29 is 17.8 Å². The van der Waals surface area contributed by atoms with Gasteiger partial charge in [-0.15, -0.1) is 11.3 Å². The molecule has 6 heteroatoms. The van der Waals surface area contributed by atoms with E-state index in [2.05, 4.69) is 0 Å². The Bertz CT molecular complexity index is 1130. The molecule has 0 atom stereocenters. The van der Waals surface area contributed by atoms with E-state index in [0.29, 0.717) is 11.1 Å². The van der Waals surface area contributed by atoms with E-state index >= 15 is 0 Å². The van der Waals surface area contributed by atoms with E-state index in [1.807, 2.05) is 31.2 Å². The lowest BCUT2D eigenvalue weighted by atomic mass is 10.1. The van der Waals surface area contributed by atoms with Gasteiger partial charge in [-0.25, -0.2) is 0 Å². The van der Waals surface area contributed by atoms with Crippen molar-refractivity contribution in [2.24, 2.45) is 0 Å². The van der Waals surface area contributed by atoms with Crippen LogP contribution in [0.25, 0.3) is 23.3 Å². The second kappa shape index (κ2) is 8.48. The number of hydrogen-bond donors (Lipinski definition) is 1. The molecule has 1 heterocycles. The number of carbonyl (C=O) groups excluding carboxylic acids is 1. The zero-order valence-corrected chi connectivity index (χ0v) is 16.7. The Morgan fingerprint density at radius 2 is 1.43 bits per heavy atom. The van der Waals surface area contributed by atoms with Crippen LogP contribution in [0.5, 0.6) is 0 Å². The van der Waals surface area contributed by atoms with Crippen molar-refractivity contribution >= 4 is 39.4 Å². The van der Waals surface area contributed by atoms with E-state index in [4.69, 9.17) is 0 Å². The van der Waals surface area contributed by atoms with E-state index in [1.165, 1.54) is 12.2 Å². The van der Waals surface area contributed by atoms with Crippen LogP contribution < -0.4 is 0 Å². The summed E-state index contributed by atoms with van der Waals surface area (Å²) in [5.74, 6) is -0.129. The molecule has 3 rings (SSSR count). The fourth-order valence-electron chi connectivity index (χ4n) is 2.57. The van der Waals surface area contributed by atoms with Crippen LogP contribution in [0.2, 0.25) is 0 Å². The van der Waals surface area contributed by atoms with E-state index in [-0.39, 0.29) is 9.99 Å². The summed E-state index contributed by atoms with van der Waals surface area (Å²) in [6.07, 6.45) is 6.46. The van der Waals surface area contributed by atoms with Gasteiger partial charge in [-0.3, -0.25) is 9.35 Å². The van der Waals surface area contributed by atoms with Crippen LogP contribution in [0.4, 0.5) is 0 Å². The minimum atomic E-state index is -4.25. The minimum absolute atomic E-state index is 0.0767. The van der Waals surface area contributed by atoms with Crippen molar-refractivity contribution in [1.29, 1.82) is 0 Å². The third-order valence-corrected chi connectivity index (χ3v) is 6.36. The molecule has 0 radical (unpaired) electrons. The van der Waals surface area contributed by atoms with Crippen LogP contribution in [0.3, 0.4) is 0 Å². The van der Waals surface area contributed by atoms with Gasteiger partial charge in [-0.1, -0.05) is 66.2 Å². The van der Waals surface area contributed by atoms with Gasteiger partial charge in [0, 0.05) is 5.56 Å². The second-order valence-electron chi connectivity index (χ2n) is 6.20. The van der Waals surface area contributed by atoms with Gasteiger partial charge >= 0.3 is 10.1 Å². The maximum atomic E-state index is 12.0. The van der Waals surface area contributed by atoms with Crippen LogP contribution in [-0.2, 0) is 14.9 Å². The molecule has 0 aliphatic rings. The minimum Gasteiger partial charge on any atom is -0.290 e. The molecule has 0 spiro atoms. The molecule has 142 valence electrons. The highest BCUT2D eigenvalue weighted by Crippen LogP contribution is 2.32. The molecule has 0 fully saturated rings.